The third-order valence-electron chi connectivity index (χ3n) is 4.08. The van der Waals surface area contributed by atoms with Gasteiger partial charge in [0, 0.05) is 18.1 Å². The van der Waals surface area contributed by atoms with E-state index in [1.807, 2.05) is 30.3 Å². The average molecular weight is 348 g/mol. The van der Waals surface area contributed by atoms with Crippen molar-refractivity contribution < 1.29 is 17.9 Å². The summed E-state index contributed by atoms with van der Waals surface area (Å²) in [6.07, 6.45) is 2.80. The quantitative estimate of drug-likeness (QED) is 0.801. The van der Waals surface area contributed by atoms with E-state index >= 15 is 0 Å². The van der Waals surface area contributed by atoms with Crippen LogP contribution in [0.15, 0.2) is 36.5 Å². The summed E-state index contributed by atoms with van der Waals surface area (Å²) in [5.41, 5.74) is 0.820. The molecule has 1 unspecified atom stereocenters. The lowest BCUT2D eigenvalue weighted by Crippen LogP contribution is -2.32. The fraction of sp³-hybridized carbons (Fsp3) is 0.412. The van der Waals surface area contributed by atoms with E-state index in [9.17, 15) is 13.2 Å². The number of amides is 1. The van der Waals surface area contributed by atoms with Crippen molar-refractivity contribution in [2.24, 2.45) is 5.92 Å². The van der Waals surface area contributed by atoms with Crippen LogP contribution in [0, 0.1) is 5.92 Å². The third-order valence-corrected chi connectivity index (χ3v) is 5.84. The molecule has 1 amide bonds. The molecule has 1 aliphatic rings. The van der Waals surface area contributed by atoms with Gasteiger partial charge in [-0.15, -0.1) is 0 Å². The Morgan fingerprint density at radius 2 is 2.12 bits per heavy atom. The molecule has 0 radical (unpaired) electrons. The van der Waals surface area contributed by atoms with E-state index < -0.39 is 15.8 Å². The number of rotatable bonds is 6. The number of nitrogens with one attached hydrogen (secondary N) is 1. The molecule has 1 aromatic heterocycles. The van der Waals surface area contributed by atoms with Gasteiger partial charge in [0.1, 0.15) is 11.3 Å². The van der Waals surface area contributed by atoms with Crippen molar-refractivity contribution in [2.75, 3.05) is 24.7 Å². The summed E-state index contributed by atoms with van der Waals surface area (Å²) in [4.78, 5) is 16.2. The summed E-state index contributed by atoms with van der Waals surface area (Å²) < 4.78 is 28.5. The van der Waals surface area contributed by atoms with E-state index in [1.54, 1.807) is 6.20 Å². The van der Waals surface area contributed by atoms with Crippen LogP contribution in [0.4, 0.5) is 0 Å². The molecule has 3 rings (SSSR count). The number of carbonyl (C=O) groups excluding carboxylic acids is 1. The second-order valence-electron chi connectivity index (χ2n) is 5.92. The highest BCUT2D eigenvalue weighted by molar-refractivity contribution is 7.91. The predicted molar refractivity (Wildman–Crippen MR) is 91.6 cm³/mol. The van der Waals surface area contributed by atoms with Gasteiger partial charge in [-0.05, 0) is 25.0 Å². The first-order valence-electron chi connectivity index (χ1n) is 8.00. The molecule has 0 saturated carbocycles. The number of aromatic nitrogens is 1. The predicted octanol–water partition coefficient (Wildman–Crippen LogP) is 1.55. The molecule has 128 valence electrons. The number of fused-ring (bicyclic) bond motifs is 1. The van der Waals surface area contributed by atoms with Crippen LogP contribution in [0.3, 0.4) is 0 Å². The number of pyridine rings is 1. The third kappa shape index (κ3) is 4.03. The zero-order valence-electron chi connectivity index (χ0n) is 13.3. The first-order chi connectivity index (χ1) is 11.6. The van der Waals surface area contributed by atoms with Crippen molar-refractivity contribution in [3.05, 3.63) is 36.5 Å². The Morgan fingerprint density at radius 1 is 1.29 bits per heavy atom. The van der Waals surface area contributed by atoms with Gasteiger partial charge in [0.25, 0.3) is 0 Å². The van der Waals surface area contributed by atoms with E-state index in [-0.39, 0.29) is 17.4 Å². The molecule has 1 fully saturated rings. The summed E-state index contributed by atoms with van der Waals surface area (Å²) >= 11 is 0. The molecule has 7 heteroatoms. The molecule has 2 heterocycles. The van der Waals surface area contributed by atoms with Crippen LogP contribution in [0.2, 0.25) is 0 Å². The molecule has 0 spiro atoms. The number of ether oxygens (including phenoxy) is 1. The second-order valence-corrected chi connectivity index (χ2v) is 8.15. The van der Waals surface area contributed by atoms with Gasteiger partial charge in [-0.1, -0.05) is 18.2 Å². The normalized spacial score (nSPS) is 19.2. The van der Waals surface area contributed by atoms with Crippen molar-refractivity contribution >= 4 is 26.6 Å². The van der Waals surface area contributed by atoms with Gasteiger partial charge >= 0.3 is 0 Å². The fourth-order valence-electron chi connectivity index (χ4n) is 2.80. The lowest BCUT2D eigenvalue weighted by Gasteiger charge is -2.11. The topological polar surface area (TPSA) is 85.4 Å². The number of hydrogen-bond donors (Lipinski definition) is 1. The molecular formula is C17H20N2O4S. The van der Waals surface area contributed by atoms with Gasteiger partial charge in [0.2, 0.25) is 5.91 Å². The van der Waals surface area contributed by atoms with Gasteiger partial charge < -0.3 is 10.1 Å². The van der Waals surface area contributed by atoms with E-state index in [0.717, 1.165) is 16.7 Å². The maximum Gasteiger partial charge on any atom is 0.224 e. The minimum absolute atomic E-state index is 0.0307. The van der Waals surface area contributed by atoms with Crippen LogP contribution in [-0.2, 0) is 14.6 Å². The minimum Gasteiger partial charge on any atom is -0.491 e. The smallest absolute Gasteiger partial charge is 0.224 e. The van der Waals surface area contributed by atoms with Gasteiger partial charge in [-0.25, -0.2) is 8.42 Å². The minimum atomic E-state index is -3.03. The molecule has 24 heavy (non-hydrogen) atoms. The van der Waals surface area contributed by atoms with E-state index in [0.29, 0.717) is 26.0 Å². The van der Waals surface area contributed by atoms with Crippen molar-refractivity contribution in [3.63, 3.8) is 0 Å². The highest BCUT2D eigenvalue weighted by Gasteiger charge is 2.32. The Kier molecular flexibility index (Phi) is 4.99. The molecule has 2 aromatic rings. The van der Waals surface area contributed by atoms with Crippen LogP contribution >= 0.6 is 0 Å². The number of benzene rings is 1. The number of carbonyl (C=O) groups is 1. The lowest BCUT2D eigenvalue weighted by atomic mass is 10.1. The van der Waals surface area contributed by atoms with Crippen LogP contribution in [-0.4, -0.2) is 44.0 Å². The Hall–Kier alpha value is -2.15. The van der Waals surface area contributed by atoms with Crippen molar-refractivity contribution in [1.29, 1.82) is 0 Å². The van der Waals surface area contributed by atoms with Gasteiger partial charge in [-0.2, -0.15) is 0 Å². The van der Waals surface area contributed by atoms with E-state index in [4.69, 9.17) is 4.74 Å². The van der Waals surface area contributed by atoms with Gasteiger partial charge in [0.15, 0.2) is 9.84 Å². The van der Waals surface area contributed by atoms with Crippen molar-refractivity contribution in [1.82, 2.24) is 10.3 Å². The molecular weight excluding hydrogens is 328 g/mol. The van der Waals surface area contributed by atoms with E-state index in [2.05, 4.69) is 10.3 Å². The summed E-state index contributed by atoms with van der Waals surface area (Å²) in [5, 5.41) is 3.81. The summed E-state index contributed by atoms with van der Waals surface area (Å²) in [6, 6.07) is 9.62. The molecule has 1 saturated heterocycles. The number of sulfone groups is 1. The summed E-state index contributed by atoms with van der Waals surface area (Å²) in [5.74, 6) is 0.224. The highest BCUT2D eigenvalue weighted by Crippen LogP contribution is 2.23. The lowest BCUT2D eigenvalue weighted by molar-refractivity contribution is -0.124. The monoisotopic (exact) mass is 348 g/mol. The fourth-order valence-corrected chi connectivity index (χ4v) is 4.55. The first-order valence-corrected chi connectivity index (χ1v) is 9.82. The van der Waals surface area contributed by atoms with E-state index in [1.165, 1.54) is 0 Å². The first kappa shape index (κ1) is 16.7. The average Bonchev–Trinajstić information content (AvgIpc) is 2.94. The SMILES string of the molecule is O=C(NCCCOc1cccc2cccnc12)C1CCS(=O)(=O)C1. The second kappa shape index (κ2) is 7.17. The Labute approximate surface area is 141 Å². The maximum atomic E-state index is 11.9. The number of hydrogen-bond acceptors (Lipinski definition) is 5. The molecule has 1 N–H and O–H groups in total. The zero-order valence-corrected chi connectivity index (χ0v) is 14.1. The molecule has 1 aliphatic heterocycles. The Morgan fingerprint density at radius 3 is 2.92 bits per heavy atom. The maximum absolute atomic E-state index is 11.9. The van der Waals surface area contributed by atoms with Crippen molar-refractivity contribution in [3.8, 4) is 5.75 Å². The molecule has 1 atom stereocenters. The van der Waals surface area contributed by atoms with Crippen LogP contribution in [0.25, 0.3) is 10.9 Å². The summed E-state index contributed by atoms with van der Waals surface area (Å²) in [6.45, 7) is 0.923. The zero-order chi connectivity index (χ0) is 17.0. The van der Waals surface area contributed by atoms with Gasteiger partial charge in [-0.3, -0.25) is 9.78 Å². The number of para-hydroxylation sites is 1. The highest BCUT2D eigenvalue weighted by atomic mass is 32.2. The molecule has 6 nitrogen and oxygen atoms in total. The van der Waals surface area contributed by atoms with Crippen LogP contribution in [0.1, 0.15) is 12.8 Å². The molecule has 1 aromatic carbocycles. The number of nitrogens with zero attached hydrogens (tertiary/aromatic N) is 1. The van der Waals surface area contributed by atoms with Gasteiger partial charge in [0.05, 0.1) is 24.0 Å². The molecule has 0 aliphatic carbocycles. The molecule has 0 bridgehead atoms. The largest absolute Gasteiger partial charge is 0.491 e. The van der Waals surface area contributed by atoms with Crippen LogP contribution in [0.5, 0.6) is 5.75 Å². The van der Waals surface area contributed by atoms with Crippen LogP contribution < -0.4 is 10.1 Å². The Balaban J connectivity index is 1.43. The summed E-state index contributed by atoms with van der Waals surface area (Å²) in [7, 11) is -3.03. The standard InChI is InChI=1S/C17H20N2O4S/c20-17(14-7-11-24(21,22)12-14)19-9-3-10-23-15-6-1-4-13-5-2-8-18-16(13)15/h1-2,4-6,8,14H,3,7,9-12H2,(H,19,20). The Bertz CT molecular complexity index is 830. The van der Waals surface area contributed by atoms with Crippen molar-refractivity contribution in [2.45, 2.75) is 12.8 Å².